The summed E-state index contributed by atoms with van der Waals surface area (Å²) in [6.07, 6.45) is 0. The summed E-state index contributed by atoms with van der Waals surface area (Å²) in [4.78, 5) is 9.06. The lowest BCUT2D eigenvalue weighted by atomic mass is 10.3. The fourth-order valence-corrected chi connectivity index (χ4v) is 2.03. The molecule has 1 aliphatic rings. The number of nitrogens with zero attached hydrogens (tertiary/aromatic N) is 3. The van der Waals surface area contributed by atoms with Crippen molar-refractivity contribution in [2.75, 3.05) is 37.6 Å². The zero-order valence-corrected chi connectivity index (χ0v) is 9.74. The highest BCUT2D eigenvalue weighted by atomic mass is 35.5. The Bertz CT molecular complexity index is 321. The third kappa shape index (κ3) is 2.61. The molecule has 2 rings (SSSR count). The predicted octanol–water partition coefficient (Wildman–Crippen LogP) is 1.88. The molecule has 82 valence electrons. The molecule has 2 heterocycles. The lowest BCUT2D eigenvalue weighted by Gasteiger charge is -2.34. The van der Waals surface area contributed by atoms with Gasteiger partial charge in [0.15, 0.2) is 0 Å². The van der Waals surface area contributed by atoms with Gasteiger partial charge in [0.1, 0.15) is 11.0 Å². The lowest BCUT2D eigenvalue weighted by Crippen LogP contribution is -2.46. The van der Waals surface area contributed by atoms with E-state index in [4.69, 9.17) is 11.6 Å². The van der Waals surface area contributed by atoms with Gasteiger partial charge in [0, 0.05) is 26.2 Å². The molecule has 0 bridgehead atoms. The average Bonchev–Trinajstić information content (AvgIpc) is 2.29. The number of anilines is 1. The zero-order chi connectivity index (χ0) is 10.7. The Balaban J connectivity index is 2.01. The molecule has 0 amide bonds. The molecular weight excluding hydrogens is 210 g/mol. The second-order valence-corrected chi connectivity index (χ2v) is 4.13. The van der Waals surface area contributed by atoms with Gasteiger partial charge in [-0.25, -0.2) is 4.98 Å². The molecule has 1 aromatic heterocycles. The van der Waals surface area contributed by atoms with Crippen molar-refractivity contribution in [2.45, 2.75) is 6.92 Å². The molecule has 15 heavy (non-hydrogen) atoms. The van der Waals surface area contributed by atoms with Crippen molar-refractivity contribution in [1.29, 1.82) is 0 Å². The quantitative estimate of drug-likeness (QED) is 0.717. The van der Waals surface area contributed by atoms with Crippen LogP contribution in [0.15, 0.2) is 18.2 Å². The van der Waals surface area contributed by atoms with E-state index in [1.54, 1.807) is 0 Å². The van der Waals surface area contributed by atoms with Crippen molar-refractivity contribution >= 4 is 17.4 Å². The SMILES string of the molecule is CCN1CCN(c2cccc(Cl)n2)CC1. The Morgan fingerprint density at radius 1 is 1.27 bits per heavy atom. The van der Waals surface area contributed by atoms with E-state index in [-0.39, 0.29) is 0 Å². The molecule has 1 saturated heterocycles. The summed E-state index contributed by atoms with van der Waals surface area (Å²) in [5.41, 5.74) is 0. The van der Waals surface area contributed by atoms with Gasteiger partial charge in [-0.3, -0.25) is 0 Å². The average molecular weight is 226 g/mol. The molecule has 0 atom stereocenters. The molecule has 0 unspecified atom stereocenters. The van der Waals surface area contributed by atoms with Crippen LogP contribution in [0.2, 0.25) is 5.15 Å². The van der Waals surface area contributed by atoms with E-state index in [1.807, 2.05) is 18.2 Å². The van der Waals surface area contributed by atoms with E-state index >= 15 is 0 Å². The first-order chi connectivity index (χ1) is 7.29. The highest BCUT2D eigenvalue weighted by molar-refractivity contribution is 6.29. The van der Waals surface area contributed by atoms with Crippen molar-refractivity contribution < 1.29 is 0 Å². The van der Waals surface area contributed by atoms with Gasteiger partial charge in [-0.1, -0.05) is 24.6 Å². The minimum Gasteiger partial charge on any atom is -0.354 e. The predicted molar refractivity (Wildman–Crippen MR) is 63.6 cm³/mol. The number of aromatic nitrogens is 1. The first kappa shape index (κ1) is 10.7. The molecule has 3 nitrogen and oxygen atoms in total. The van der Waals surface area contributed by atoms with Crippen LogP contribution in [0.3, 0.4) is 0 Å². The molecular formula is C11H16ClN3. The molecule has 0 spiro atoms. The Labute approximate surface area is 95.7 Å². The van der Waals surface area contributed by atoms with Crippen LogP contribution in [-0.4, -0.2) is 42.6 Å². The number of likely N-dealkylation sites (N-methyl/N-ethyl adjacent to an activating group) is 1. The standard InChI is InChI=1S/C11H16ClN3/c1-2-14-6-8-15(9-7-14)11-5-3-4-10(12)13-11/h3-5H,2,6-9H2,1H3. The van der Waals surface area contributed by atoms with Gasteiger partial charge < -0.3 is 9.80 Å². The Kier molecular flexibility index (Phi) is 3.44. The minimum atomic E-state index is 0.574. The maximum atomic E-state index is 5.87. The topological polar surface area (TPSA) is 19.4 Å². The maximum Gasteiger partial charge on any atom is 0.131 e. The fraction of sp³-hybridized carbons (Fsp3) is 0.545. The summed E-state index contributed by atoms with van der Waals surface area (Å²) in [5, 5.41) is 0.574. The molecule has 0 aromatic carbocycles. The third-order valence-corrected chi connectivity index (χ3v) is 3.05. The first-order valence-electron chi connectivity index (χ1n) is 5.39. The van der Waals surface area contributed by atoms with Crippen LogP contribution in [-0.2, 0) is 0 Å². The van der Waals surface area contributed by atoms with Crippen LogP contribution in [0.1, 0.15) is 6.92 Å². The van der Waals surface area contributed by atoms with Gasteiger partial charge in [0.2, 0.25) is 0 Å². The fourth-order valence-electron chi connectivity index (χ4n) is 1.87. The van der Waals surface area contributed by atoms with E-state index in [0.29, 0.717) is 5.15 Å². The smallest absolute Gasteiger partial charge is 0.131 e. The van der Waals surface area contributed by atoms with Crippen molar-refractivity contribution in [1.82, 2.24) is 9.88 Å². The normalized spacial score (nSPS) is 18.1. The van der Waals surface area contributed by atoms with Crippen molar-refractivity contribution in [3.8, 4) is 0 Å². The van der Waals surface area contributed by atoms with E-state index in [9.17, 15) is 0 Å². The first-order valence-corrected chi connectivity index (χ1v) is 5.77. The summed E-state index contributed by atoms with van der Waals surface area (Å²) >= 11 is 5.87. The van der Waals surface area contributed by atoms with Gasteiger partial charge in [0.05, 0.1) is 0 Å². The summed E-state index contributed by atoms with van der Waals surface area (Å²) in [6.45, 7) is 7.65. The summed E-state index contributed by atoms with van der Waals surface area (Å²) < 4.78 is 0. The van der Waals surface area contributed by atoms with Crippen LogP contribution in [0.25, 0.3) is 0 Å². The molecule has 1 fully saturated rings. The monoisotopic (exact) mass is 225 g/mol. The molecule has 0 aliphatic carbocycles. The van der Waals surface area contributed by atoms with Crippen molar-refractivity contribution in [2.24, 2.45) is 0 Å². The largest absolute Gasteiger partial charge is 0.354 e. The van der Waals surface area contributed by atoms with Gasteiger partial charge in [-0.05, 0) is 18.7 Å². The number of rotatable bonds is 2. The number of halogens is 1. The molecule has 0 radical (unpaired) electrons. The van der Waals surface area contributed by atoms with Crippen LogP contribution in [0.5, 0.6) is 0 Å². The molecule has 4 heteroatoms. The second kappa shape index (κ2) is 4.81. The zero-order valence-electron chi connectivity index (χ0n) is 8.99. The molecule has 1 aromatic rings. The number of piperazine rings is 1. The Morgan fingerprint density at radius 2 is 2.00 bits per heavy atom. The van der Waals surface area contributed by atoms with E-state index in [0.717, 1.165) is 38.5 Å². The van der Waals surface area contributed by atoms with E-state index < -0.39 is 0 Å². The highest BCUT2D eigenvalue weighted by Gasteiger charge is 2.16. The summed E-state index contributed by atoms with van der Waals surface area (Å²) in [6, 6.07) is 5.79. The molecule has 0 saturated carbocycles. The van der Waals surface area contributed by atoms with E-state index in [1.165, 1.54) is 0 Å². The molecule has 1 aliphatic heterocycles. The van der Waals surface area contributed by atoms with E-state index in [2.05, 4.69) is 21.7 Å². The maximum absolute atomic E-state index is 5.87. The van der Waals surface area contributed by atoms with Crippen LogP contribution in [0.4, 0.5) is 5.82 Å². The van der Waals surface area contributed by atoms with Crippen molar-refractivity contribution in [3.05, 3.63) is 23.4 Å². The van der Waals surface area contributed by atoms with Crippen LogP contribution in [0, 0.1) is 0 Å². The number of hydrogen-bond donors (Lipinski definition) is 0. The number of pyridine rings is 1. The Morgan fingerprint density at radius 3 is 2.60 bits per heavy atom. The minimum absolute atomic E-state index is 0.574. The Hall–Kier alpha value is -0.800. The summed E-state index contributed by atoms with van der Waals surface area (Å²) in [5.74, 6) is 0.998. The van der Waals surface area contributed by atoms with Crippen LogP contribution < -0.4 is 4.90 Å². The van der Waals surface area contributed by atoms with Crippen molar-refractivity contribution in [3.63, 3.8) is 0 Å². The van der Waals surface area contributed by atoms with Gasteiger partial charge >= 0.3 is 0 Å². The second-order valence-electron chi connectivity index (χ2n) is 3.74. The molecule has 0 N–H and O–H groups in total. The van der Waals surface area contributed by atoms with Crippen LogP contribution >= 0.6 is 11.6 Å². The van der Waals surface area contributed by atoms with Gasteiger partial charge in [-0.2, -0.15) is 0 Å². The number of hydrogen-bond acceptors (Lipinski definition) is 3. The lowest BCUT2D eigenvalue weighted by molar-refractivity contribution is 0.270. The third-order valence-electron chi connectivity index (χ3n) is 2.84. The highest BCUT2D eigenvalue weighted by Crippen LogP contribution is 2.16. The summed E-state index contributed by atoms with van der Waals surface area (Å²) in [7, 11) is 0. The van der Waals surface area contributed by atoms with Gasteiger partial charge in [0.25, 0.3) is 0 Å². The van der Waals surface area contributed by atoms with Gasteiger partial charge in [-0.15, -0.1) is 0 Å².